The maximum Gasteiger partial charge on any atom is 0.408 e. The van der Waals surface area contributed by atoms with Gasteiger partial charge in [-0.1, -0.05) is 44.2 Å². The topological polar surface area (TPSA) is 64.6 Å². The molecule has 0 aliphatic carbocycles. The van der Waals surface area contributed by atoms with Gasteiger partial charge in [0.15, 0.2) is 0 Å². The summed E-state index contributed by atoms with van der Waals surface area (Å²) in [4.78, 5) is 23.2. The second-order valence-electron chi connectivity index (χ2n) is 7.63. The van der Waals surface area contributed by atoms with Crippen LogP contribution in [0, 0.1) is 11.8 Å². The molecule has 0 saturated carbocycles. The first kappa shape index (κ1) is 21.2. The molecule has 0 aliphatic heterocycles. The third-order valence-electron chi connectivity index (χ3n) is 3.81. The van der Waals surface area contributed by atoms with E-state index in [1.807, 2.05) is 30.3 Å². The summed E-state index contributed by atoms with van der Waals surface area (Å²) in [6.07, 6.45) is 0.711. The first-order valence-electron chi connectivity index (χ1n) is 8.77. The summed E-state index contributed by atoms with van der Waals surface area (Å²) in [7, 11) is 0. The SMILES string of the molecule is CC(C)[C@H](COCc1ccccc1)C[C@@H](C=O)NC(=O)OC(C)(C)C. The largest absolute Gasteiger partial charge is 0.444 e. The lowest BCUT2D eigenvalue weighted by Gasteiger charge is -2.26. The second kappa shape index (κ2) is 10.2. The van der Waals surface area contributed by atoms with Gasteiger partial charge in [-0.15, -0.1) is 0 Å². The van der Waals surface area contributed by atoms with Crippen LogP contribution in [-0.2, 0) is 20.9 Å². The number of aldehydes is 1. The normalized spacial score (nSPS) is 14.0. The number of rotatable bonds is 9. The Bertz CT molecular complexity index is 522. The van der Waals surface area contributed by atoms with Gasteiger partial charge in [0.05, 0.1) is 19.3 Å². The zero-order valence-corrected chi connectivity index (χ0v) is 16.0. The summed E-state index contributed by atoms with van der Waals surface area (Å²) in [6.45, 7) is 10.6. The van der Waals surface area contributed by atoms with Gasteiger partial charge in [-0.3, -0.25) is 0 Å². The van der Waals surface area contributed by atoms with E-state index < -0.39 is 17.7 Å². The minimum atomic E-state index is -0.590. The Morgan fingerprint density at radius 3 is 2.36 bits per heavy atom. The minimum Gasteiger partial charge on any atom is -0.444 e. The Morgan fingerprint density at radius 1 is 1.20 bits per heavy atom. The summed E-state index contributed by atoms with van der Waals surface area (Å²) in [5.41, 5.74) is 0.525. The Morgan fingerprint density at radius 2 is 1.84 bits per heavy atom. The maximum absolute atomic E-state index is 11.9. The molecule has 0 saturated heterocycles. The van der Waals surface area contributed by atoms with E-state index in [0.717, 1.165) is 11.8 Å². The molecular weight excluding hydrogens is 318 g/mol. The monoisotopic (exact) mass is 349 g/mol. The third-order valence-corrected chi connectivity index (χ3v) is 3.81. The van der Waals surface area contributed by atoms with Crippen molar-refractivity contribution >= 4 is 12.4 Å². The predicted molar refractivity (Wildman–Crippen MR) is 98.3 cm³/mol. The fourth-order valence-electron chi connectivity index (χ4n) is 2.37. The van der Waals surface area contributed by atoms with Crippen LogP contribution in [-0.4, -0.2) is 30.6 Å². The number of nitrogens with one attached hydrogen (secondary N) is 1. The number of benzene rings is 1. The average molecular weight is 349 g/mol. The van der Waals surface area contributed by atoms with E-state index in [0.29, 0.717) is 25.6 Å². The molecule has 0 aliphatic rings. The van der Waals surface area contributed by atoms with Crippen molar-refractivity contribution in [1.29, 1.82) is 0 Å². The molecule has 0 aromatic heterocycles. The highest BCUT2D eigenvalue weighted by Gasteiger charge is 2.23. The van der Waals surface area contributed by atoms with Gasteiger partial charge in [0, 0.05) is 0 Å². The van der Waals surface area contributed by atoms with E-state index in [-0.39, 0.29) is 5.92 Å². The molecule has 5 nitrogen and oxygen atoms in total. The molecule has 0 bridgehead atoms. The average Bonchev–Trinajstić information content (AvgIpc) is 2.52. The lowest BCUT2D eigenvalue weighted by molar-refractivity contribution is -0.110. The van der Waals surface area contributed by atoms with Crippen molar-refractivity contribution in [2.75, 3.05) is 6.61 Å². The third kappa shape index (κ3) is 9.25. The van der Waals surface area contributed by atoms with Gasteiger partial charge >= 0.3 is 6.09 Å². The number of carbonyl (C=O) groups is 2. The molecule has 0 radical (unpaired) electrons. The quantitative estimate of drug-likeness (QED) is 0.686. The van der Waals surface area contributed by atoms with Crippen molar-refractivity contribution in [3.05, 3.63) is 35.9 Å². The van der Waals surface area contributed by atoms with Crippen molar-refractivity contribution in [2.24, 2.45) is 11.8 Å². The number of hydrogen-bond acceptors (Lipinski definition) is 4. The fourth-order valence-corrected chi connectivity index (χ4v) is 2.37. The lowest BCUT2D eigenvalue weighted by atomic mass is 9.90. The molecule has 1 rings (SSSR count). The van der Waals surface area contributed by atoms with Gasteiger partial charge in [0.2, 0.25) is 0 Å². The molecule has 1 amide bonds. The predicted octanol–water partition coefficient (Wildman–Crippen LogP) is 3.96. The van der Waals surface area contributed by atoms with Crippen LogP contribution in [0.15, 0.2) is 30.3 Å². The number of carbonyl (C=O) groups excluding carboxylic acids is 2. The minimum absolute atomic E-state index is 0.161. The van der Waals surface area contributed by atoms with Crippen LogP contribution in [0.3, 0.4) is 0 Å². The lowest BCUT2D eigenvalue weighted by Crippen LogP contribution is -2.41. The molecule has 25 heavy (non-hydrogen) atoms. The molecule has 2 atom stereocenters. The highest BCUT2D eigenvalue weighted by Crippen LogP contribution is 2.18. The number of ether oxygens (including phenoxy) is 2. The Hall–Kier alpha value is -1.88. The van der Waals surface area contributed by atoms with Crippen molar-refractivity contribution in [3.63, 3.8) is 0 Å². The standard InChI is InChI=1S/C20H31NO4/c1-15(2)17(14-24-13-16-9-7-6-8-10-16)11-18(12-22)21-19(23)25-20(3,4)5/h6-10,12,15,17-18H,11,13-14H2,1-5H3,(H,21,23)/t17-,18-/m0/s1. The van der Waals surface area contributed by atoms with Crippen molar-refractivity contribution in [3.8, 4) is 0 Å². The Labute approximate surface area is 151 Å². The van der Waals surface area contributed by atoms with Crippen LogP contribution < -0.4 is 5.32 Å². The van der Waals surface area contributed by atoms with Crippen LogP contribution in [0.25, 0.3) is 0 Å². The van der Waals surface area contributed by atoms with Crippen LogP contribution in [0.2, 0.25) is 0 Å². The van der Waals surface area contributed by atoms with Gasteiger partial charge in [0.25, 0.3) is 0 Å². The van der Waals surface area contributed by atoms with Crippen LogP contribution in [0.1, 0.15) is 46.6 Å². The summed E-state index contributed by atoms with van der Waals surface area (Å²) >= 11 is 0. The number of alkyl carbamates (subject to hydrolysis) is 1. The zero-order chi connectivity index (χ0) is 18.9. The fraction of sp³-hybridized carbons (Fsp3) is 0.600. The van der Waals surface area contributed by atoms with E-state index in [1.165, 1.54) is 0 Å². The van der Waals surface area contributed by atoms with Gasteiger partial charge < -0.3 is 19.6 Å². The van der Waals surface area contributed by atoms with E-state index in [2.05, 4.69) is 19.2 Å². The van der Waals surface area contributed by atoms with Crippen LogP contribution in [0.5, 0.6) is 0 Å². The zero-order valence-electron chi connectivity index (χ0n) is 16.0. The molecule has 0 spiro atoms. The molecule has 0 heterocycles. The molecule has 140 valence electrons. The Balaban J connectivity index is 2.50. The maximum atomic E-state index is 11.9. The van der Waals surface area contributed by atoms with Crippen molar-refractivity contribution in [2.45, 2.75) is 59.3 Å². The molecule has 1 N–H and O–H groups in total. The molecule has 5 heteroatoms. The summed E-state index contributed by atoms with van der Waals surface area (Å²) in [6, 6.07) is 9.38. The Kier molecular flexibility index (Phi) is 8.62. The summed E-state index contributed by atoms with van der Waals surface area (Å²) in [5, 5.41) is 2.63. The van der Waals surface area contributed by atoms with E-state index in [1.54, 1.807) is 20.8 Å². The van der Waals surface area contributed by atoms with Gasteiger partial charge in [-0.2, -0.15) is 0 Å². The highest BCUT2D eigenvalue weighted by molar-refractivity contribution is 5.73. The summed E-state index contributed by atoms with van der Waals surface area (Å²) < 4.78 is 11.0. The smallest absolute Gasteiger partial charge is 0.408 e. The molecule has 1 aromatic rings. The number of amides is 1. The highest BCUT2D eigenvalue weighted by atomic mass is 16.6. The van der Waals surface area contributed by atoms with Crippen LogP contribution >= 0.6 is 0 Å². The van der Waals surface area contributed by atoms with Gasteiger partial charge in [-0.25, -0.2) is 4.79 Å². The molecule has 0 unspecified atom stereocenters. The molecule has 1 aromatic carbocycles. The van der Waals surface area contributed by atoms with Crippen molar-refractivity contribution in [1.82, 2.24) is 5.32 Å². The first-order valence-corrected chi connectivity index (χ1v) is 8.77. The van der Waals surface area contributed by atoms with Gasteiger partial charge in [-0.05, 0) is 44.6 Å². The number of hydrogen-bond donors (Lipinski definition) is 1. The van der Waals surface area contributed by atoms with Crippen molar-refractivity contribution < 1.29 is 19.1 Å². The van der Waals surface area contributed by atoms with Gasteiger partial charge in [0.1, 0.15) is 11.9 Å². The van der Waals surface area contributed by atoms with E-state index in [4.69, 9.17) is 9.47 Å². The second-order valence-corrected chi connectivity index (χ2v) is 7.63. The summed E-state index contributed by atoms with van der Waals surface area (Å²) in [5.74, 6) is 0.493. The first-order chi connectivity index (χ1) is 11.7. The van der Waals surface area contributed by atoms with Crippen LogP contribution in [0.4, 0.5) is 4.79 Å². The molecular formula is C20H31NO4. The molecule has 0 fully saturated rings. The van der Waals surface area contributed by atoms with E-state index >= 15 is 0 Å². The van der Waals surface area contributed by atoms with E-state index in [9.17, 15) is 9.59 Å².